The van der Waals surface area contributed by atoms with Gasteiger partial charge in [-0.05, 0) is 79.5 Å². The Morgan fingerprint density at radius 2 is 1.77 bits per heavy atom. The van der Waals surface area contributed by atoms with Crippen LogP contribution in [0.15, 0.2) is 42.5 Å². The normalized spacial score (nSPS) is 17.4. The molecule has 1 saturated carbocycles. The summed E-state index contributed by atoms with van der Waals surface area (Å²) in [5.74, 6) is 0.721. The Bertz CT molecular complexity index is 1060. The molecular weight excluding hydrogens is 387 g/mol. The lowest BCUT2D eigenvalue weighted by molar-refractivity contribution is -0.138. The van der Waals surface area contributed by atoms with E-state index >= 15 is 0 Å². The third-order valence-corrected chi connectivity index (χ3v) is 6.65. The molecular formula is C25H26F3NO. The number of halogens is 3. The minimum atomic E-state index is -4.33. The van der Waals surface area contributed by atoms with Gasteiger partial charge in [-0.15, -0.1) is 0 Å². The summed E-state index contributed by atoms with van der Waals surface area (Å²) in [7, 11) is 0. The van der Waals surface area contributed by atoms with E-state index < -0.39 is 11.7 Å². The average molecular weight is 413 g/mol. The van der Waals surface area contributed by atoms with E-state index in [4.69, 9.17) is 4.74 Å². The van der Waals surface area contributed by atoms with Crippen molar-refractivity contribution >= 4 is 10.9 Å². The van der Waals surface area contributed by atoms with Crippen molar-refractivity contribution in [3.8, 4) is 5.75 Å². The van der Waals surface area contributed by atoms with Gasteiger partial charge in [0, 0.05) is 23.1 Å². The molecule has 1 aromatic heterocycles. The molecule has 2 aromatic carbocycles. The van der Waals surface area contributed by atoms with E-state index in [1.54, 1.807) is 12.1 Å². The predicted molar refractivity (Wildman–Crippen MR) is 112 cm³/mol. The maximum Gasteiger partial charge on any atom is 0.416 e. The van der Waals surface area contributed by atoms with Gasteiger partial charge in [-0.1, -0.05) is 25.0 Å². The molecule has 0 spiro atoms. The highest BCUT2D eigenvalue weighted by molar-refractivity contribution is 5.83. The van der Waals surface area contributed by atoms with E-state index in [-0.39, 0.29) is 12.5 Å². The molecule has 0 saturated heterocycles. The molecule has 0 atom stereocenters. The van der Waals surface area contributed by atoms with Crippen molar-refractivity contribution in [2.45, 2.75) is 70.2 Å². The average Bonchev–Trinajstić information content (AvgIpc) is 3.39. The van der Waals surface area contributed by atoms with E-state index in [0.29, 0.717) is 16.9 Å². The lowest BCUT2D eigenvalue weighted by atomic mass is 9.91. The summed E-state index contributed by atoms with van der Waals surface area (Å²) < 4.78 is 49.3. The van der Waals surface area contributed by atoms with Crippen molar-refractivity contribution in [3.63, 3.8) is 0 Å². The molecule has 1 aliphatic carbocycles. The minimum absolute atomic E-state index is 0.0277. The second-order valence-corrected chi connectivity index (χ2v) is 8.65. The van der Waals surface area contributed by atoms with Gasteiger partial charge < -0.3 is 9.30 Å². The molecule has 0 amide bonds. The SMILES string of the molecule is FC(F)(F)c1cc(COc2ccc3c(c2)cc2n3CCCC2)ccc1C1CCCC1. The second kappa shape index (κ2) is 7.68. The van der Waals surface area contributed by atoms with Crippen LogP contribution in [0.5, 0.6) is 5.75 Å². The van der Waals surface area contributed by atoms with Gasteiger partial charge in [0.25, 0.3) is 0 Å². The summed E-state index contributed by atoms with van der Waals surface area (Å²) in [6.07, 6.45) is 2.90. The van der Waals surface area contributed by atoms with Gasteiger partial charge in [0.05, 0.1) is 5.56 Å². The number of rotatable bonds is 4. The largest absolute Gasteiger partial charge is 0.489 e. The second-order valence-electron chi connectivity index (χ2n) is 8.65. The zero-order valence-electron chi connectivity index (χ0n) is 17.0. The van der Waals surface area contributed by atoms with Gasteiger partial charge in [0.2, 0.25) is 0 Å². The Hall–Kier alpha value is -2.43. The molecule has 0 unspecified atom stereocenters. The Kier molecular flexibility index (Phi) is 5.00. The number of hydrogen-bond acceptors (Lipinski definition) is 1. The number of ether oxygens (including phenoxy) is 1. The number of hydrogen-bond donors (Lipinski definition) is 0. The highest BCUT2D eigenvalue weighted by atomic mass is 19.4. The first kappa shape index (κ1) is 19.5. The van der Waals surface area contributed by atoms with Crippen LogP contribution in [0.3, 0.4) is 0 Å². The topological polar surface area (TPSA) is 14.2 Å². The maximum absolute atomic E-state index is 13.7. The summed E-state index contributed by atoms with van der Waals surface area (Å²) in [6.45, 7) is 1.18. The van der Waals surface area contributed by atoms with Gasteiger partial charge in [0.1, 0.15) is 12.4 Å². The van der Waals surface area contributed by atoms with Gasteiger partial charge >= 0.3 is 6.18 Å². The van der Waals surface area contributed by atoms with E-state index in [1.807, 2.05) is 12.1 Å². The van der Waals surface area contributed by atoms with E-state index in [1.165, 1.54) is 30.1 Å². The molecule has 0 bridgehead atoms. The number of alkyl halides is 3. The van der Waals surface area contributed by atoms with Gasteiger partial charge in [0.15, 0.2) is 0 Å². The number of aromatic nitrogens is 1. The van der Waals surface area contributed by atoms with E-state index in [0.717, 1.165) is 44.0 Å². The summed E-state index contributed by atoms with van der Waals surface area (Å²) in [4.78, 5) is 0. The van der Waals surface area contributed by atoms with Crippen molar-refractivity contribution in [2.24, 2.45) is 0 Å². The third-order valence-electron chi connectivity index (χ3n) is 6.65. The Balaban J connectivity index is 1.37. The predicted octanol–water partition coefficient (Wildman–Crippen LogP) is 7.23. The van der Waals surface area contributed by atoms with Crippen LogP contribution >= 0.6 is 0 Å². The quantitative estimate of drug-likeness (QED) is 0.440. The fraction of sp³-hybridized carbons (Fsp3) is 0.440. The van der Waals surface area contributed by atoms with Crippen LogP contribution < -0.4 is 4.74 Å². The first-order valence-corrected chi connectivity index (χ1v) is 10.9. The Morgan fingerprint density at radius 3 is 2.57 bits per heavy atom. The molecule has 2 aliphatic rings. The summed E-state index contributed by atoms with van der Waals surface area (Å²) in [5.41, 5.74) is 3.07. The smallest absolute Gasteiger partial charge is 0.416 e. The fourth-order valence-corrected chi connectivity index (χ4v) is 5.14. The van der Waals surface area contributed by atoms with Crippen LogP contribution in [0, 0.1) is 0 Å². The molecule has 30 heavy (non-hydrogen) atoms. The van der Waals surface area contributed by atoms with Crippen molar-refractivity contribution in [3.05, 3.63) is 64.8 Å². The monoisotopic (exact) mass is 413 g/mol. The highest BCUT2D eigenvalue weighted by Gasteiger charge is 2.36. The molecule has 2 nitrogen and oxygen atoms in total. The molecule has 5 rings (SSSR count). The summed E-state index contributed by atoms with van der Waals surface area (Å²) in [6, 6.07) is 12.9. The van der Waals surface area contributed by atoms with Crippen LogP contribution in [0.1, 0.15) is 66.8 Å². The van der Waals surface area contributed by atoms with Crippen molar-refractivity contribution in [2.75, 3.05) is 0 Å². The van der Waals surface area contributed by atoms with Crippen molar-refractivity contribution in [1.29, 1.82) is 0 Å². The molecule has 0 N–H and O–H groups in total. The van der Waals surface area contributed by atoms with Crippen LogP contribution in [-0.4, -0.2) is 4.57 Å². The van der Waals surface area contributed by atoms with Crippen LogP contribution in [0.25, 0.3) is 10.9 Å². The molecule has 3 aromatic rings. The van der Waals surface area contributed by atoms with Crippen LogP contribution in [0.2, 0.25) is 0 Å². The van der Waals surface area contributed by atoms with Gasteiger partial charge in [-0.3, -0.25) is 0 Å². The lowest BCUT2D eigenvalue weighted by Crippen LogP contribution is -2.12. The first-order chi connectivity index (χ1) is 14.5. The van der Waals surface area contributed by atoms with Gasteiger partial charge in [-0.25, -0.2) is 0 Å². The third kappa shape index (κ3) is 3.70. The fourth-order valence-electron chi connectivity index (χ4n) is 5.14. The first-order valence-electron chi connectivity index (χ1n) is 10.9. The number of nitrogens with zero attached hydrogens (tertiary/aromatic N) is 1. The van der Waals surface area contributed by atoms with E-state index in [9.17, 15) is 13.2 Å². The van der Waals surface area contributed by atoms with Gasteiger partial charge in [-0.2, -0.15) is 13.2 Å². The molecule has 2 heterocycles. The maximum atomic E-state index is 13.7. The molecule has 0 radical (unpaired) electrons. The Labute approximate surface area is 174 Å². The van der Waals surface area contributed by atoms with Crippen molar-refractivity contribution in [1.82, 2.24) is 4.57 Å². The van der Waals surface area contributed by atoms with E-state index in [2.05, 4.69) is 16.7 Å². The number of benzene rings is 2. The molecule has 5 heteroatoms. The Morgan fingerprint density at radius 1 is 0.933 bits per heavy atom. The lowest BCUT2D eigenvalue weighted by Gasteiger charge is -2.19. The van der Waals surface area contributed by atoms with Crippen molar-refractivity contribution < 1.29 is 17.9 Å². The van der Waals surface area contributed by atoms with Crippen LogP contribution in [0.4, 0.5) is 13.2 Å². The summed E-state index contributed by atoms with van der Waals surface area (Å²) in [5, 5.41) is 1.14. The number of fused-ring (bicyclic) bond motifs is 3. The molecule has 1 aliphatic heterocycles. The minimum Gasteiger partial charge on any atom is -0.489 e. The zero-order chi connectivity index (χ0) is 20.7. The standard InChI is InChI=1S/C25H26F3NO/c26-25(27,28)23-13-17(8-10-22(23)18-5-1-2-6-18)16-30-21-9-11-24-19(15-21)14-20-7-3-4-12-29(20)24/h8-11,13-15,18H,1-7,12,16H2. The number of aryl methyl sites for hydroxylation is 2. The molecule has 158 valence electrons. The highest BCUT2D eigenvalue weighted by Crippen LogP contribution is 2.42. The van der Waals surface area contributed by atoms with Crippen LogP contribution in [-0.2, 0) is 25.7 Å². The zero-order valence-corrected chi connectivity index (χ0v) is 17.0. The molecule has 1 fully saturated rings. The summed E-state index contributed by atoms with van der Waals surface area (Å²) >= 11 is 0.